The summed E-state index contributed by atoms with van der Waals surface area (Å²) in [6, 6.07) is 2.77. The highest BCUT2D eigenvalue weighted by Crippen LogP contribution is 2.17. The SMILES string of the molecule is C[C@@H](OC(=O)CSC(=S)N1CCCC1)C(=O)Nc1ccc(F)cc1F. The molecule has 1 N–H and O–H groups in total. The zero-order valence-electron chi connectivity index (χ0n) is 13.6. The summed E-state index contributed by atoms with van der Waals surface area (Å²) in [5.74, 6) is -2.95. The number of thioether (sulfide) groups is 1. The molecule has 2 rings (SSSR count). The molecule has 136 valence electrons. The molecule has 0 unspecified atom stereocenters. The molecule has 9 heteroatoms. The van der Waals surface area contributed by atoms with Crippen LogP contribution in [-0.2, 0) is 14.3 Å². The van der Waals surface area contributed by atoms with Crippen molar-refractivity contribution in [1.29, 1.82) is 0 Å². The molecule has 1 aromatic carbocycles. The Morgan fingerprint density at radius 3 is 2.68 bits per heavy atom. The molecule has 0 radical (unpaired) electrons. The maximum Gasteiger partial charge on any atom is 0.317 e. The molecule has 0 saturated carbocycles. The number of nitrogens with one attached hydrogen (secondary N) is 1. The minimum atomic E-state index is -1.11. The maximum atomic E-state index is 13.5. The van der Waals surface area contributed by atoms with E-state index < -0.39 is 29.6 Å². The molecule has 1 amide bonds. The van der Waals surface area contributed by atoms with Gasteiger partial charge in [0.25, 0.3) is 5.91 Å². The average molecular weight is 388 g/mol. The molecule has 25 heavy (non-hydrogen) atoms. The number of hydrogen-bond donors (Lipinski definition) is 1. The predicted molar refractivity (Wildman–Crippen MR) is 96.4 cm³/mol. The summed E-state index contributed by atoms with van der Waals surface area (Å²) in [4.78, 5) is 25.8. The van der Waals surface area contributed by atoms with E-state index >= 15 is 0 Å². The lowest BCUT2D eigenvalue weighted by molar-refractivity contribution is -0.150. The Kier molecular flexibility index (Phi) is 7.12. The summed E-state index contributed by atoms with van der Waals surface area (Å²) in [7, 11) is 0. The van der Waals surface area contributed by atoms with Gasteiger partial charge in [-0.05, 0) is 31.9 Å². The number of carbonyl (C=O) groups excluding carboxylic acids is 2. The lowest BCUT2D eigenvalue weighted by Gasteiger charge is -2.18. The van der Waals surface area contributed by atoms with Crippen LogP contribution in [0.15, 0.2) is 18.2 Å². The van der Waals surface area contributed by atoms with Crippen LogP contribution in [0.2, 0.25) is 0 Å². The monoisotopic (exact) mass is 388 g/mol. The molecular formula is C16H18F2N2O3S2. The van der Waals surface area contributed by atoms with Crippen LogP contribution in [0, 0.1) is 11.6 Å². The third-order valence-corrected chi connectivity index (χ3v) is 5.04. The van der Waals surface area contributed by atoms with E-state index in [9.17, 15) is 18.4 Å². The first-order valence-electron chi connectivity index (χ1n) is 7.74. The zero-order chi connectivity index (χ0) is 18.4. The number of amides is 1. The summed E-state index contributed by atoms with van der Waals surface area (Å²) in [6.07, 6.45) is 1.06. The van der Waals surface area contributed by atoms with Gasteiger partial charge in [-0.15, -0.1) is 0 Å². The van der Waals surface area contributed by atoms with Crippen LogP contribution < -0.4 is 5.32 Å². The summed E-state index contributed by atoms with van der Waals surface area (Å²) >= 11 is 6.43. The number of hydrogen-bond acceptors (Lipinski definition) is 5. The lowest BCUT2D eigenvalue weighted by atomic mass is 10.2. The van der Waals surface area contributed by atoms with E-state index in [1.54, 1.807) is 0 Å². The van der Waals surface area contributed by atoms with Crippen molar-refractivity contribution in [1.82, 2.24) is 4.90 Å². The fourth-order valence-corrected chi connectivity index (χ4v) is 3.26. The van der Waals surface area contributed by atoms with Gasteiger partial charge in [0.05, 0.1) is 11.4 Å². The average Bonchev–Trinajstić information content (AvgIpc) is 3.09. The van der Waals surface area contributed by atoms with Crippen molar-refractivity contribution in [3.63, 3.8) is 0 Å². The van der Waals surface area contributed by atoms with Crippen molar-refractivity contribution >= 4 is 45.9 Å². The van der Waals surface area contributed by atoms with Gasteiger partial charge < -0.3 is 15.0 Å². The molecule has 1 atom stereocenters. The first-order valence-corrected chi connectivity index (χ1v) is 9.13. The van der Waals surface area contributed by atoms with Gasteiger partial charge in [0.2, 0.25) is 0 Å². The van der Waals surface area contributed by atoms with Crippen molar-refractivity contribution in [3.05, 3.63) is 29.8 Å². The number of benzene rings is 1. The summed E-state index contributed by atoms with van der Waals surface area (Å²) < 4.78 is 32.0. The number of anilines is 1. The first-order chi connectivity index (χ1) is 11.9. The minimum absolute atomic E-state index is 0.00212. The second-order valence-electron chi connectivity index (χ2n) is 5.49. The van der Waals surface area contributed by atoms with Crippen LogP contribution >= 0.6 is 24.0 Å². The van der Waals surface area contributed by atoms with Crippen molar-refractivity contribution in [2.75, 3.05) is 24.2 Å². The molecule has 0 aromatic heterocycles. The van der Waals surface area contributed by atoms with E-state index in [2.05, 4.69) is 5.32 Å². The van der Waals surface area contributed by atoms with E-state index in [4.69, 9.17) is 17.0 Å². The van der Waals surface area contributed by atoms with Gasteiger partial charge in [-0.3, -0.25) is 9.59 Å². The molecule has 1 aliphatic rings. The Labute approximate surface area is 154 Å². The molecule has 0 bridgehead atoms. The number of thiocarbonyl (C=S) groups is 1. The fraction of sp³-hybridized carbons (Fsp3) is 0.438. The topological polar surface area (TPSA) is 58.6 Å². The molecule has 0 aliphatic carbocycles. The number of nitrogens with zero attached hydrogens (tertiary/aromatic N) is 1. The maximum absolute atomic E-state index is 13.5. The highest BCUT2D eigenvalue weighted by Gasteiger charge is 2.21. The van der Waals surface area contributed by atoms with E-state index in [0.29, 0.717) is 10.4 Å². The van der Waals surface area contributed by atoms with Crippen LogP contribution in [0.1, 0.15) is 19.8 Å². The van der Waals surface area contributed by atoms with Gasteiger partial charge in [-0.1, -0.05) is 24.0 Å². The third-order valence-electron chi connectivity index (χ3n) is 3.54. The zero-order valence-corrected chi connectivity index (χ0v) is 15.2. The van der Waals surface area contributed by atoms with Crippen LogP contribution in [0.25, 0.3) is 0 Å². The van der Waals surface area contributed by atoms with E-state index in [1.165, 1.54) is 18.7 Å². The normalized spacial score (nSPS) is 14.9. The van der Waals surface area contributed by atoms with Crippen molar-refractivity contribution in [2.45, 2.75) is 25.9 Å². The highest BCUT2D eigenvalue weighted by molar-refractivity contribution is 8.23. The van der Waals surface area contributed by atoms with Crippen molar-refractivity contribution in [2.24, 2.45) is 0 Å². The Balaban J connectivity index is 1.77. The van der Waals surface area contributed by atoms with E-state index in [1.807, 2.05) is 4.90 Å². The van der Waals surface area contributed by atoms with Crippen molar-refractivity contribution < 1.29 is 23.1 Å². The quantitative estimate of drug-likeness (QED) is 0.618. The van der Waals surface area contributed by atoms with Crippen LogP contribution in [-0.4, -0.2) is 46.0 Å². The van der Waals surface area contributed by atoms with E-state index in [0.717, 1.165) is 38.1 Å². The van der Waals surface area contributed by atoms with Gasteiger partial charge in [-0.2, -0.15) is 0 Å². The van der Waals surface area contributed by atoms with Crippen molar-refractivity contribution in [3.8, 4) is 0 Å². The number of likely N-dealkylation sites (tertiary alicyclic amines) is 1. The van der Waals surface area contributed by atoms with E-state index in [-0.39, 0.29) is 11.4 Å². The number of rotatable bonds is 5. The van der Waals surface area contributed by atoms with Crippen LogP contribution in [0.4, 0.5) is 14.5 Å². The number of halogens is 2. The standard InChI is InChI=1S/C16H18F2N2O3S2/c1-10(15(22)19-13-5-4-11(17)8-12(13)18)23-14(21)9-25-16(24)20-6-2-3-7-20/h4-5,8,10H,2-3,6-7,9H2,1H3,(H,19,22)/t10-/m1/s1. The Morgan fingerprint density at radius 2 is 2.04 bits per heavy atom. The Bertz CT molecular complexity index is 667. The predicted octanol–water partition coefficient (Wildman–Crippen LogP) is 2.95. The summed E-state index contributed by atoms with van der Waals surface area (Å²) in [5, 5.41) is 2.25. The van der Waals surface area contributed by atoms with Gasteiger partial charge in [0.1, 0.15) is 16.0 Å². The molecule has 1 heterocycles. The van der Waals surface area contributed by atoms with Crippen LogP contribution in [0.3, 0.4) is 0 Å². The lowest BCUT2D eigenvalue weighted by Crippen LogP contribution is -2.31. The number of esters is 1. The Morgan fingerprint density at radius 1 is 1.36 bits per heavy atom. The molecular weight excluding hydrogens is 370 g/mol. The first kappa shape index (κ1) is 19.6. The molecule has 5 nitrogen and oxygen atoms in total. The molecule has 1 aliphatic heterocycles. The second-order valence-corrected chi connectivity index (χ2v) is 7.10. The fourth-order valence-electron chi connectivity index (χ4n) is 2.22. The highest BCUT2D eigenvalue weighted by atomic mass is 32.2. The smallest absolute Gasteiger partial charge is 0.317 e. The van der Waals surface area contributed by atoms with Gasteiger partial charge >= 0.3 is 5.97 Å². The summed E-state index contributed by atoms with van der Waals surface area (Å²) in [5.41, 5.74) is -0.182. The van der Waals surface area contributed by atoms with Gasteiger partial charge in [-0.25, -0.2) is 8.78 Å². The second kappa shape index (κ2) is 9.10. The van der Waals surface area contributed by atoms with Gasteiger partial charge in [0, 0.05) is 19.2 Å². The third kappa shape index (κ3) is 5.93. The number of carbonyl (C=O) groups is 2. The molecule has 1 aromatic rings. The minimum Gasteiger partial charge on any atom is -0.452 e. The van der Waals surface area contributed by atoms with Crippen LogP contribution in [0.5, 0.6) is 0 Å². The summed E-state index contributed by atoms with van der Waals surface area (Å²) in [6.45, 7) is 3.16. The largest absolute Gasteiger partial charge is 0.452 e. The number of ether oxygens (including phenoxy) is 1. The molecule has 1 fully saturated rings. The van der Waals surface area contributed by atoms with Gasteiger partial charge in [0.15, 0.2) is 6.10 Å². The molecule has 1 saturated heterocycles. The Hall–Kier alpha value is -1.74. The molecule has 0 spiro atoms.